The maximum Gasteiger partial charge on any atom is 0.254 e. The Kier molecular flexibility index (Phi) is 8.70. The minimum Gasteiger partial charge on any atom is -0.476 e. The van der Waals surface area contributed by atoms with Crippen molar-refractivity contribution in [2.75, 3.05) is 20.2 Å². The molecule has 1 atom stereocenters. The van der Waals surface area contributed by atoms with Gasteiger partial charge in [-0.15, -0.1) is 5.10 Å². The van der Waals surface area contributed by atoms with E-state index in [1.807, 2.05) is 0 Å². The number of ether oxygens (including phenoxy) is 1. The van der Waals surface area contributed by atoms with Crippen molar-refractivity contribution >= 4 is 12.2 Å². The molecule has 180 valence electrons. The van der Waals surface area contributed by atoms with Crippen molar-refractivity contribution in [2.45, 2.75) is 84.1 Å². The van der Waals surface area contributed by atoms with E-state index in [9.17, 15) is 9.59 Å². The van der Waals surface area contributed by atoms with E-state index in [0.717, 1.165) is 18.6 Å². The summed E-state index contributed by atoms with van der Waals surface area (Å²) in [6, 6.07) is 7.38. The molecule has 1 aliphatic carbocycles. The van der Waals surface area contributed by atoms with Crippen molar-refractivity contribution in [3.05, 3.63) is 46.6 Å². The molecule has 1 saturated carbocycles. The van der Waals surface area contributed by atoms with Crippen LogP contribution < -0.4 is 4.74 Å². The fourth-order valence-corrected chi connectivity index (χ4v) is 4.77. The quantitative estimate of drug-likeness (QED) is 0.310. The normalized spacial score (nSPS) is 15.1. The molecule has 1 aromatic carbocycles. The number of nitrogens with zero attached hydrogens (tertiary/aromatic N) is 3. The van der Waals surface area contributed by atoms with Crippen LogP contribution in [0.3, 0.4) is 0 Å². The molecule has 1 unspecified atom stereocenters. The van der Waals surface area contributed by atoms with E-state index in [0.29, 0.717) is 48.6 Å². The first kappa shape index (κ1) is 25.0. The second-order valence-electron chi connectivity index (χ2n) is 9.58. The zero-order valence-electron chi connectivity index (χ0n) is 20.8. The molecule has 1 amide bonds. The number of amides is 1. The number of carbonyl (C=O) groups excluding carboxylic acids is 2. The Morgan fingerprint density at radius 3 is 2.58 bits per heavy atom. The fraction of sp³-hybridized carbons (Fsp3) is 0.593. The average Bonchev–Trinajstić information content (AvgIpc) is 3.48. The van der Waals surface area contributed by atoms with E-state index in [4.69, 9.17) is 9.84 Å². The summed E-state index contributed by atoms with van der Waals surface area (Å²) in [6.07, 6.45) is 7.42. The van der Waals surface area contributed by atoms with E-state index in [2.05, 4.69) is 32.4 Å². The van der Waals surface area contributed by atoms with Gasteiger partial charge in [-0.1, -0.05) is 58.7 Å². The van der Waals surface area contributed by atoms with Gasteiger partial charge in [0.05, 0.1) is 18.2 Å². The summed E-state index contributed by atoms with van der Waals surface area (Å²) in [5.41, 5.74) is 3.43. The maximum atomic E-state index is 12.7. The van der Waals surface area contributed by atoms with Crippen molar-refractivity contribution < 1.29 is 14.3 Å². The molecule has 0 N–H and O–H groups in total. The molecule has 0 aliphatic heterocycles. The molecular weight excluding hydrogens is 414 g/mol. The molecule has 0 spiro atoms. The second kappa shape index (κ2) is 11.5. The third kappa shape index (κ3) is 5.66. The number of aromatic nitrogens is 2. The topological polar surface area (TPSA) is 64.4 Å². The van der Waals surface area contributed by atoms with Crippen LogP contribution in [0.5, 0.6) is 5.88 Å². The van der Waals surface area contributed by atoms with Crippen LogP contribution in [0.25, 0.3) is 0 Å². The van der Waals surface area contributed by atoms with Crippen LogP contribution in [-0.4, -0.2) is 47.1 Å². The Hall–Kier alpha value is -2.63. The van der Waals surface area contributed by atoms with Crippen molar-refractivity contribution in [2.24, 2.45) is 0 Å². The van der Waals surface area contributed by atoms with Crippen LogP contribution in [0.15, 0.2) is 24.3 Å². The summed E-state index contributed by atoms with van der Waals surface area (Å²) >= 11 is 0. The SMILES string of the molecule is CCC(C)c1c(C(C)C)c(OCCCN(C)C(=O)c2ccccc2C=O)nn1C1CCCC1. The minimum atomic E-state index is -0.148. The molecule has 1 fully saturated rings. The van der Waals surface area contributed by atoms with Gasteiger partial charge in [0.2, 0.25) is 5.88 Å². The Balaban J connectivity index is 1.68. The predicted octanol–water partition coefficient (Wildman–Crippen LogP) is 5.99. The van der Waals surface area contributed by atoms with Crippen molar-refractivity contribution in [3.8, 4) is 5.88 Å². The summed E-state index contributed by atoms with van der Waals surface area (Å²) < 4.78 is 8.50. The van der Waals surface area contributed by atoms with Crippen LogP contribution in [0.2, 0.25) is 0 Å². The summed E-state index contributed by atoms with van der Waals surface area (Å²) in [4.78, 5) is 25.6. The average molecular weight is 454 g/mol. The van der Waals surface area contributed by atoms with Crippen LogP contribution in [0.4, 0.5) is 0 Å². The van der Waals surface area contributed by atoms with Gasteiger partial charge in [0.15, 0.2) is 6.29 Å². The highest BCUT2D eigenvalue weighted by Crippen LogP contribution is 2.40. The molecule has 0 radical (unpaired) electrons. The Bertz CT molecular complexity index is 944. The van der Waals surface area contributed by atoms with Gasteiger partial charge in [-0.2, -0.15) is 0 Å². The third-order valence-electron chi connectivity index (χ3n) is 6.82. The van der Waals surface area contributed by atoms with Crippen LogP contribution >= 0.6 is 0 Å². The van der Waals surface area contributed by atoms with Gasteiger partial charge in [-0.05, 0) is 43.6 Å². The Morgan fingerprint density at radius 2 is 1.94 bits per heavy atom. The minimum absolute atomic E-state index is 0.148. The van der Waals surface area contributed by atoms with Crippen LogP contribution in [-0.2, 0) is 0 Å². The van der Waals surface area contributed by atoms with Crippen molar-refractivity contribution in [1.29, 1.82) is 0 Å². The highest BCUT2D eigenvalue weighted by molar-refractivity contribution is 6.01. The smallest absolute Gasteiger partial charge is 0.254 e. The molecule has 6 nitrogen and oxygen atoms in total. The standard InChI is InChI=1S/C27H39N3O3/c1-6-20(4)25-24(19(2)3)26(28-30(25)22-13-8-9-14-22)33-17-11-16-29(5)27(32)23-15-10-7-12-21(23)18-31/h7,10,12,15,18-20,22H,6,8-9,11,13-14,16-17H2,1-5H3. The monoisotopic (exact) mass is 453 g/mol. The van der Waals surface area contributed by atoms with Gasteiger partial charge < -0.3 is 9.64 Å². The molecular formula is C27H39N3O3. The summed E-state index contributed by atoms with van der Waals surface area (Å²) in [7, 11) is 1.76. The van der Waals surface area contributed by atoms with Crippen molar-refractivity contribution in [3.63, 3.8) is 0 Å². The second-order valence-corrected chi connectivity index (χ2v) is 9.58. The zero-order valence-corrected chi connectivity index (χ0v) is 20.8. The summed E-state index contributed by atoms with van der Waals surface area (Å²) in [6.45, 7) is 9.99. The van der Waals surface area contributed by atoms with Crippen LogP contribution in [0, 0.1) is 0 Å². The lowest BCUT2D eigenvalue weighted by Gasteiger charge is -2.20. The lowest BCUT2D eigenvalue weighted by molar-refractivity contribution is 0.0784. The Labute approximate surface area is 198 Å². The molecule has 1 heterocycles. The molecule has 2 aromatic rings. The van der Waals surface area contributed by atoms with Gasteiger partial charge in [0.25, 0.3) is 5.91 Å². The first-order chi connectivity index (χ1) is 15.9. The number of carbonyl (C=O) groups is 2. The lowest BCUT2D eigenvalue weighted by Crippen LogP contribution is -2.29. The number of aldehydes is 1. The van der Waals surface area contributed by atoms with Gasteiger partial charge in [0, 0.05) is 30.4 Å². The highest BCUT2D eigenvalue weighted by atomic mass is 16.5. The summed E-state index contributed by atoms with van der Waals surface area (Å²) in [5.74, 6) is 1.38. The molecule has 1 aliphatic rings. The third-order valence-corrected chi connectivity index (χ3v) is 6.82. The Morgan fingerprint density at radius 1 is 1.24 bits per heavy atom. The predicted molar refractivity (Wildman–Crippen MR) is 131 cm³/mol. The number of hydrogen-bond acceptors (Lipinski definition) is 4. The molecule has 1 aromatic heterocycles. The van der Waals surface area contributed by atoms with E-state index < -0.39 is 0 Å². The van der Waals surface area contributed by atoms with E-state index >= 15 is 0 Å². The number of hydrogen-bond donors (Lipinski definition) is 0. The first-order valence-electron chi connectivity index (χ1n) is 12.4. The molecule has 6 heteroatoms. The number of benzene rings is 1. The van der Waals surface area contributed by atoms with Gasteiger partial charge in [-0.3, -0.25) is 14.3 Å². The lowest BCUT2D eigenvalue weighted by atomic mass is 9.94. The molecule has 0 saturated heterocycles. The maximum absolute atomic E-state index is 12.7. The fourth-order valence-electron chi connectivity index (χ4n) is 4.77. The zero-order chi connectivity index (χ0) is 24.0. The molecule has 3 rings (SSSR count). The van der Waals surface area contributed by atoms with Gasteiger partial charge >= 0.3 is 0 Å². The summed E-state index contributed by atoms with van der Waals surface area (Å²) in [5, 5.41) is 4.98. The first-order valence-corrected chi connectivity index (χ1v) is 12.4. The van der Waals surface area contributed by atoms with E-state index in [-0.39, 0.29) is 5.91 Å². The molecule has 33 heavy (non-hydrogen) atoms. The van der Waals surface area contributed by atoms with Gasteiger partial charge in [0.1, 0.15) is 0 Å². The van der Waals surface area contributed by atoms with E-state index in [1.165, 1.54) is 36.9 Å². The van der Waals surface area contributed by atoms with Gasteiger partial charge in [-0.25, -0.2) is 0 Å². The highest BCUT2D eigenvalue weighted by Gasteiger charge is 2.29. The van der Waals surface area contributed by atoms with Crippen molar-refractivity contribution in [1.82, 2.24) is 14.7 Å². The molecule has 0 bridgehead atoms. The van der Waals surface area contributed by atoms with E-state index in [1.54, 1.807) is 36.2 Å². The largest absolute Gasteiger partial charge is 0.476 e. The number of rotatable bonds is 11. The van der Waals surface area contributed by atoms with Crippen LogP contribution in [0.1, 0.15) is 116 Å².